The highest BCUT2D eigenvalue weighted by Crippen LogP contribution is 2.30. The number of nitriles is 1. The van der Waals surface area contributed by atoms with E-state index in [9.17, 15) is 10.4 Å². The van der Waals surface area contributed by atoms with Gasteiger partial charge in [-0.05, 0) is 25.3 Å². The van der Waals surface area contributed by atoms with Crippen molar-refractivity contribution in [2.75, 3.05) is 30.9 Å². The highest BCUT2D eigenvalue weighted by molar-refractivity contribution is 7.98. The number of morpholine rings is 1. The molecule has 0 bridgehead atoms. The maximum Gasteiger partial charge on any atom is 0.103 e. The Kier molecular flexibility index (Phi) is 4.70. The molecule has 0 aliphatic carbocycles. The van der Waals surface area contributed by atoms with E-state index in [-0.39, 0.29) is 18.8 Å². The van der Waals surface area contributed by atoms with Gasteiger partial charge in [0.05, 0.1) is 30.1 Å². The van der Waals surface area contributed by atoms with Gasteiger partial charge < -0.3 is 14.7 Å². The van der Waals surface area contributed by atoms with Gasteiger partial charge in [0.15, 0.2) is 0 Å². The second-order valence-electron chi connectivity index (χ2n) is 4.62. The second kappa shape index (κ2) is 6.29. The molecular formula is C14H18N2O2S. The second-order valence-corrected chi connectivity index (χ2v) is 5.47. The molecule has 102 valence electrons. The standard InChI is InChI=1S/C14H18N2O2S/c1-10-7-16(8-11(9-17)18-10)13-4-3-5-14(19-2)12(13)6-15/h3-5,10-11,17H,7-9H2,1-2H3. The molecule has 5 heteroatoms. The van der Waals surface area contributed by atoms with Gasteiger partial charge in [0.2, 0.25) is 0 Å². The number of benzene rings is 1. The number of aliphatic hydroxyl groups excluding tert-OH is 1. The molecule has 0 amide bonds. The van der Waals surface area contributed by atoms with Crippen LogP contribution in [0.25, 0.3) is 0 Å². The molecule has 1 aliphatic rings. The first-order chi connectivity index (χ1) is 9.19. The third-order valence-corrected chi connectivity index (χ3v) is 3.99. The van der Waals surface area contributed by atoms with E-state index in [4.69, 9.17) is 4.74 Å². The van der Waals surface area contributed by atoms with E-state index in [0.717, 1.165) is 17.1 Å². The zero-order chi connectivity index (χ0) is 13.8. The third-order valence-electron chi connectivity index (χ3n) is 3.21. The molecule has 1 saturated heterocycles. The minimum atomic E-state index is -0.187. The lowest BCUT2D eigenvalue weighted by molar-refractivity contribution is -0.0421. The minimum absolute atomic E-state index is 0.00491. The number of hydrogen-bond acceptors (Lipinski definition) is 5. The van der Waals surface area contributed by atoms with E-state index >= 15 is 0 Å². The summed E-state index contributed by atoms with van der Waals surface area (Å²) in [6, 6.07) is 8.18. The van der Waals surface area contributed by atoms with Crippen LogP contribution in [0.2, 0.25) is 0 Å². The van der Waals surface area contributed by atoms with Gasteiger partial charge in [0, 0.05) is 18.0 Å². The predicted molar refractivity (Wildman–Crippen MR) is 76.6 cm³/mol. The third kappa shape index (κ3) is 3.03. The average molecular weight is 278 g/mol. The van der Waals surface area contributed by atoms with Crippen LogP contribution in [-0.4, -0.2) is 43.3 Å². The van der Waals surface area contributed by atoms with Gasteiger partial charge >= 0.3 is 0 Å². The Bertz CT molecular complexity index is 487. The molecule has 2 rings (SSSR count). The Morgan fingerprint density at radius 3 is 2.95 bits per heavy atom. The normalized spacial score (nSPS) is 23.2. The van der Waals surface area contributed by atoms with Crippen LogP contribution in [0.1, 0.15) is 12.5 Å². The average Bonchev–Trinajstić information content (AvgIpc) is 2.45. The first kappa shape index (κ1) is 14.2. The van der Waals surface area contributed by atoms with Crippen LogP contribution in [-0.2, 0) is 4.74 Å². The van der Waals surface area contributed by atoms with Gasteiger partial charge in [-0.2, -0.15) is 5.26 Å². The molecule has 2 atom stereocenters. The summed E-state index contributed by atoms with van der Waals surface area (Å²) in [6.07, 6.45) is 1.84. The monoisotopic (exact) mass is 278 g/mol. The van der Waals surface area contributed by atoms with Crippen LogP contribution >= 0.6 is 11.8 Å². The molecule has 1 N–H and O–H groups in total. The summed E-state index contributed by atoms with van der Waals surface area (Å²) in [7, 11) is 0. The van der Waals surface area contributed by atoms with Crippen LogP contribution < -0.4 is 4.90 Å². The Balaban J connectivity index is 2.33. The number of ether oxygens (including phenoxy) is 1. The van der Waals surface area contributed by atoms with Gasteiger partial charge in [0.1, 0.15) is 6.07 Å². The van der Waals surface area contributed by atoms with E-state index < -0.39 is 0 Å². The highest BCUT2D eigenvalue weighted by atomic mass is 32.2. The van der Waals surface area contributed by atoms with Gasteiger partial charge in [-0.25, -0.2) is 0 Å². The van der Waals surface area contributed by atoms with Crippen molar-refractivity contribution in [1.29, 1.82) is 5.26 Å². The number of thioether (sulfide) groups is 1. The largest absolute Gasteiger partial charge is 0.394 e. The molecule has 0 spiro atoms. The fraction of sp³-hybridized carbons (Fsp3) is 0.500. The van der Waals surface area contributed by atoms with E-state index in [2.05, 4.69) is 11.0 Å². The van der Waals surface area contributed by atoms with Crippen LogP contribution in [0.15, 0.2) is 23.1 Å². The fourth-order valence-electron chi connectivity index (χ4n) is 2.41. The molecule has 4 nitrogen and oxygen atoms in total. The Hall–Kier alpha value is -1.22. The van der Waals surface area contributed by atoms with Crippen LogP contribution in [0.3, 0.4) is 0 Å². The Labute approximate surface area is 118 Å². The maximum absolute atomic E-state index is 9.38. The topological polar surface area (TPSA) is 56.5 Å². The lowest BCUT2D eigenvalue weighted by atomic mass is 10.1. The molecule has 1 aromatic carbocycles. The van der Waals surface area contributed by atoms with Crippen molar-refractivity contribution in [2.24, 2.45) is 0 Å². The number of nitrogens with zero attached hydrogens (tertiary/aromatic N) is 2. The lowest BCUT2D eigenvalue weighted by Crippen LogP contribution is -2.48. The summed E-state index contributed by atoms with van der Waals surface area (Å²) in [5, 5.41) is 18.7. The van der Waals surface area contributed by atoms with Crippen molar-refractivity contribution in [2.45, 2.75) is 24.0 Å². The summed E-state index contributed by atoms with van der Waals surface area (Å²) in [4.78, 5) is 3.12. The van der Waals surface area contributed by atoms with Crippen molar-refractivity contribution in [3.8, 4) is 6.07 Å². The summed E-state index contributed by atoms with van der Waals surface area (Å²) < 4.78 is 5.64. The summed E-state index contributed by atoms with van der Waals surface area (Å²) in [5.41, 5.74) is 1.64. The van der Waals surface area contributed by atoms with Crippen LogP contribution in [0.4, 0.5) is 5.69 Å². The quantitative estimate of drug-likeness (QED) is 0.855. The van der Waals surface area contributed by atoms with Gasteiger partial charge in [-0.3, -0.25) is 0 Å². The molecule has 1 aliphatic heterocycles. The van der Waals surface area contributed by atoms with Crippen molar-refractivity contribution in [1.82, 2.24) is 0 Å². The zero-order valence-electron chi connectivity index (χ0n) is 11.2. The summed E-state index contributed by atoms with van der Waals surface area (Å²) >= 11 is 1.58. The van der Waals surface area contributed by atoms with Crippen LogP contribution in [0.5, 0.6) is 0 Å². The number of anilines is 1. The van der Waals surface area contributed by atoms with Crippen molar-refractivity contribution >= 4 is 17.4 Å². The Morgan fingerprint density at radius 2 is 2.32 bits per heavy atom. The van der Waals surface area contributed by atoms with E-state index in [1.807, 2.05) is 31.4 Å². The van der Waals surface area contributed by atoms with Gasteiger partial charge in [0.25, 0.3) is 0 Å². The molecule has 0 saturated carbocycles. The van der Waals surface area contributed by atoms with Crippen LogP contribution in [0, 0.1) is 11.3 Å². The summed E-state index contributed by atoms with van der Waals surface area (Å²) in [6.45, 7) is 3.35. The maximum atomic E-state index is 9.38. The van der Waals surface area contributed by atoms with Crippen molar-refractivity contribution < 1.29 is 9.84 Å². The van der Waals surface area contributed by atoms with E-state index in [1.54, 1.807) is 11.8 Å². The summed E-state index contributed by atoms with van der Waals surface area (Å²) in [5.74, 6) is 0. The molecule has 0 aromatic heterocycles. The molecule has 1 aromatic rings. The van der Waals surface area contributed by atoms with Gasteiger partial charge in [-0.15, -0.1) is 11.8 Å². The molecule has 1 fully saturated rings. The molecule has 19 heavy (non-hydrogen) atoms. The SMILES string of the molecule is CSc1cccc(N2CC(C)OC(CO)C2)c1C#N. The fourth-order valence-corrected chi connectivity index (χ4v) is 2.98. The minimum Gasteiger partial charge on any atom is -0.394 e. The van der Waals surface area contributed by atoms with Crippen molar-refractivity contribution in [3.05, 3.63) is 23.8 Å². The molecule has 1 heterocycles. The number of aliphatic hydroxyl groups is 1. The molecular weight excluding hydrogens is 260 g/mol. The van der Waals surface area contributed by atoms with E-state index in [0.29, 0.717) is 12.1 Å². The lowest BCUT2D eigenvalue weighted by Gasteiger charge is -2.38. The van der Waals surface area contributed by atoms with E-state index in [1.165, 1.54) is 0 Å². The molecule has 2 unspecified atom stereocenters. The predicted octanol–water partition coefficient (Wildman–Crippen LogP) is 1.87. The first-order valence-corrected chi connectivity index (χ1v) is 7.50. The Morgan fingerprint density at radius 1 is 1.53 bits per heavy atom. The smallest absolute Gasteiger partial charge is 0.103 e. The highest BCUT2D eigenvalue weighted by Gasteiger charge is 2.26. The van der Waals surface area contributed by atoms with Gasteiger partial charge in [-0.1, -0.05) is 6.07 Å². The molecule has 0 radical (unpaired) electrons. The number of hydrogen-bond donors (Lipinski definition) is 1. The zero-order valence-corrected chi connectivity index (χ0v) is 12.0. The number of rotatable bonds is 3. The first-order valence-electron chi connectivity index (χ1n) is 6.28. The van der Waals surface area contributed by atoms with Crippen molar-refractivity contribution in [3.63, 3.8) is 0 Å².